The maximum Gasteiger partial charge on any atom is 0.306 e. The van der Waals surface area contributed by atoms with Gasteiger partial charge in [-0.3, -0.25) is 14.4 Å². The molecule has 0 aliphatic heterocycles. The fourth-order valence-electron chi connectivity index (χ4n) is 1.62. The number of carbonyl (C=O) groups is 3. The lowest BCUT2D eigenvalue weighted by Crippen LogP contribution is -2.23. The first kappa shape index (κ1) is 16.7. The normalized spacial score (nSPS) is 9.81. The van der Waals surface area contributed by atoms with Crippen LogP contribution in [0.5, 0.6) is 0 Å². The third-order valence-corrected chi connectivity index (χ3v) is 2.56. The molecule has 1 aromatic carbocycles. The summed E-state index contributed by atoms with van der Waals surface area (Å²) in [6, 6.07) is 6.55. The highest BCUT2D eigenvalue weighted by atomic mass is 16.5. The SMILES string of the molecule is CCCC(=O)OCC(=O)Nc1cccc(C(=O)NCC)c1. The molecule has 0 saturated carbocycles. The number of ether oxygens (including phenoxy) is 1. The number of rotatable bonds is 7. The van der Waals surface area contributed by atoms with Gasteiger partial charge in [-0.2, -0.15) is 0 Å². The summed E-state index contributed by atoms with van der Waals surface area (Å²) in [5, 5.41) is 5.26. The second-order valence-corrected chi connectivity index (χ2v) is 4.40. The molecule has 0 aliphatic carbocycles. The maximum absolute atomic E-state index is 11.7. The van der Waals surface area contributed by atoms with E-state index in [1.165, 1.54) is 0 Å². The number of hydrogen-bond acceptors (Lipinski definition) is 4. The van der Waals surface area contributed by atoms with Crippen LogP contribution in [0.1, 0.15) is 37.0 Å². The first-order valence-corrected chi connectivity index (χ1v) is 6.90. The topological polar surface area (TPSA) is 84.5 Å². The van der Waals surface area contributed by atoms with Gasteiger partial charge >= 0.3 is 5.97 Å². The highest BCUT2D eigenvalue weighted by molar-refractivity contribution is 5.97. The van der Waals surface area contributed by atoms with Crippen LogP contribution < -0.4 is 10.6 Å². The largest absolute Gasteiger partial charge is 0.456 e. The maximum atomic E-state index is 11.7. The Bertz CT molecular complexity index is 514. The molecule has 0 unspecified atom stereocenters. The average Bonchev–Trinajstić information content (AvgIpc) is 2.46. The summed E-state index contributed by atoms with van der Waals surface area (Å²) in [5.74, 6) is -1.04. The van der Waals surface area contributed by atoms with Crippen LogP contribution in [0.15, 0.2) is 24.3 Å². The lowest BCUT2D eigenvalue weighted by atomic mass is 10.2. The molecular weight excluding hydrogens is 272 g/mol. The predicted octanol–water partition coefficient (Wildman–Crippen LogP) is 1.72. The third-order valence-electron chi connectivity index (χ3n) is 2.56. The van der Waals surface area contributed by atoms with Gasteiger partial charge in [-0.15, -0.1) is 0 Å². The Balaban J connectivity index is 2.54. The molecule has 6 heteroatoms. The van der Waals surface area contributed by atoms with Crippen molar-refractivity contribution < 1.29 is 19.1 Å². The zero-order chi connectivity index (χ0) is 15.7. The standard InChI is InChI=1S/C15H20N2O4/c1-3-6-14(19)21-10-13(18)17-12-8-5-7-11(9-12)15(20)16-4-2/h5,7-9H,3-4,6,10H2,1-2H3,(H,16,20)(H,17,18). The number of nitrogens with one attached hydrogen (secondary N) is 2. The molecule has 0 spiro atoms. The molecule has 1 rings (SSSR count). The van der Waals surface area contributed by atoms with Crippen LogP contribution in [0, 0.1) is 0 Å². The summed E-state index contributed by atoms with van der Waals surface area (Å²) in [6.45, 7) is 3.88. The Kier molecular flexibility index (Phi) is 6.94. The molecule has 0 fully saturated rings. The van der Waals surface area contributed by atoms with Crippen molar-refractivity contribution in [3.63, 3.8) is 0 Å². The lowest BCUT2D eigenvalue weighted by Gasteiger charge is -2.08. The highest BCUT2D eigenvalue weighted by Gasteiger charge is 2.09. The third kappa shape index (κ3) is 6.07. The van der Waals surface area contributed by atoms with E-state index in [0.717, 1.165) is 0 Å². The van der Waals surface area contributed by atoms with E-state index in [0.29, 0.717) is 30.6 Å². The summed E-state index contributed by atoms with van der Waals surface area (Å²) in [7, 11) is 0. The molecular formula is C15H20N2O4. The Morgan fingerprint density at radius 3 is 2.62 bits per heavy atom. The molecule has 0 aliphatic rings. The van der Waals surface area contributed by atoms with Crippen molar-refractivity contribution in [2.45, 2.75) is 26.7 Å². The molecule has 2 N–H and O–H groups in total. The first-order valence-electron chi connectivity index (χ1n) is 6.90. The Labute approximate surface area is 123 Å². The number of hydrogen-bond donors (Lipinski definition) is 2. The van der Waals surface area contributed by atoms with E-state index < -0.39 is 11.9 Å². The second kappa shape index (κ2) is 8.73. The van der Waals surface area contributed by atoms with Crippen molar-refractivity contribution in [3.05, 3.63) is 29.8 Å². The molecule has 0 saturated heterocycles. The van der Waals surface area contributed by atoms with E-state index in [2.05, 4.69) is 10.6 Å². The van der Waals surface area contributed by atoms with Crippen LogP contribution in [0.4, 0.5) is 5.69 Å². The Hall–Kier alpha value is -2.37. The first-order chi connectivity index (χ1) is 10.1. The van der Waals surface area contributed by atoms with Gasteiger partial charge in [0.2, 0.25) is 0 Å². The molecule has 0 heterocycles. The molecule has 114 valence electrons. The molecule has 0 aromatic heterocycles. The van der Waals surface area contributed by atoms with Gasteiger partial charge in [0.05, 0.1) is 0 Å². The summed E-state index contributed by atoms with van der Waals surface area (Å²) >= 11 is 0. The number of benzene rings is 1. The van der Waals surface area contributed by atoms with E-state index in [-0.39, 0.29) is 12.5 Å². The van der Waals surface area contributed by atoms with Crippen LogP contribution in [0.25, 0.3) is 0 Å². The summed E-state index contributed by atoms with van der Waals surface area (Å²) in [6.07, 6.45) is 0.967. The zero-order valence-corrected chi connectivity index (χ0v) is 12.3. The van der Waals surface area contributed by atoms with Crippen molar-refractivity contribution in [3.8, 4) is 0 Å². The Morgan fingerprint density at radius 1 is 1.19 bits per heavy atom. The molecule has 1 aromatic rings. The minimum atomic E-state index is -0.437. The van der Waals surface area contributed by atoms with Gasteiger partial charge < -0.3 is 15.4 Å². The summed E-state index contributed by atoms with van der Waals surface area (Å²) in [5.41, 5.74) is 0.938. The predicted molar refractivity (Wildman–Crippen MR) is 78.9 cm³/mol. The summed E-state index contributed by atoms with van der Waals surface area (Å²) < 4.78 is 4.80. The summed E-state index contributed by atoms with van der Waals surface area (Å²) in [4.78, 5) is 34.5. The molecule has 21 heavy (non-hydrogen) atoms. The zero-order valence-electron chi connectivity index (χ0n) is 12.3. The monoisotopic (exact) mass is 292 g/mol. The minimum Gasteiger partial charge on any atom is -0.456 e. The average molecular weight is 292 g/mol. The van der Waals surface area contributed by atoms with Crippen LogP contribution >= 0.6 is 0 Å². The van der Waals surface area contributed by atoms with E-state index in [4.69, 9.17) is 4.74 Å². The van der Waals surface area contributed by atoms with E-state index >= 15 is 0 Å². The van der Waals surface area contributed by atoms with Gasteiger partial charge in [-0.05, 0) is 31.5 Å². The van der Waals surface area contributed by atoms with Gasteiger partial charge in [-0.25, -0.2) is 0 Å². The Morgan fingerprint density at radius 2 is 1.95 bits per heavy atom. The molecule has 6 nitrogen and oxygen atoms in total. The second-order valence-electron chi connectivity index (χ2n) is 4.40. The number of carbonyl (C=O) groups excluding carboxylic acids is 3. The van der Waals surface area contributed by atoms with Crippen molar-refractivity contribution in [2.75, 3.05) is 18.5 Å². The molecule has 0 bridgehead atoms. The van der Waals surface area contributed by atoms with Crippen molar-refractivity contribution >= 4 is 23.5 Å². The lowest BCUT2D eigenvalue weighted by molar-refractivity contribution is -0.147. The minimum absolute atomic E-state index is 0.206. The molecule has 0 radical (unpaired) electrons. The van der Waals surface area contributed by atoms with E-state index in [9.17, 15) is 14.4 Å². The van der Waals surface area contributed by atoms with Crippen molar-refractivity contribution in [2.24, 2.45) is 0 Å². The van der Waals surface area contributed by atoms with E-state index in [1.54, 1.807) is 24.3 Å². The quantitative estimate of drug-likeness (QED) is 0.749. The van der Waals surface area contributed by atoms with Crippen molar-refractivity contribution in [1.29, 1.82) is 0 Å². The number of anilines is 1. The number of esters is 1. The van der Waals surface area contributed by atoms with E-state index in [1.807, 2.05) is 13.8 Å². The molecule has 2 amide bonds. The van der Waals surface area contributed by atoms with Crippen molar-refractivity contribution in [1.82, 2.24) is 5.32 Å². The highest BCUT2D eigenvalue weighted by Crippen LogP contribution is 2.10. The fraction of sp³-hybridized carbons (Fsp3) is 0.400. The van der Waals surface area contributed by atoms with Crippen LogP contribution in [-0.4, -0.2) is 30.9 Å². The van der Waals surface area contributed by atoms with Crippen LogP contribution in [-0.2, 0) is 14.3 Å². The van der Waals surface area contributed by atoms with Gasteiger partial charge in [0.1, 0.15) is 0 Å². The van der Waals surface area contributed by atoms with Gasteiger partial charge in [-0.1, -0.05) is 13.0 Å². The smallest absolute Gasteiger partial charge is 0.306 e. The fourth-order valence-corrected chi connectivity index (χ4v) is 1.62. The van der Waals surface area contributed by atoms with Crippen LogP contribution in [0.3, 0.4) is 0 Å². The van der Waals surface area contributed by atoms with Gasteiger partial charge in [0.15, 0.2) is 6.61 Å². The van der Waals surface area contributed by atoms with Crippen LogP contribution in [0.2, 0.25) is 0 Å². The number of amides is 2. The molecule has 0 atom stereocenters. The van der Waals surface area contributed by atoms with Gasteiger partial charge in [0.25, 0.3) is 11.8 Å². The van der Waals surface area contributed by atoms with Gasteiger partial charge in [0, 0.05) is 24.2 Å².